The first-order valence-corrected chi connectivity index (χ1v) is 8.28. The lowest BCUT2D eigenvalue weighted by Crippen LogP contribution is -2.06. The quantitative estimate of drug-likeness (QED) is 0.363. The van der Waals surface area contributed by atoms with Gasteiger partial charge in [-0.3, -0.25) is 0 Å². The van der Waals surface area contributed by atoms with Crippen LogP contribution in [0.1, 0.15) is 22.3 Å². The van der Waals surface area contributed by atoms with Crippen molar-refractivity contribution in [3.63, 3.8) is 0 Å². The second-order valence-electron chi connectivity index (χ2n) is 6.15. The molecule has 1 heterocycles. The van der Waals surface area contributed by atoms with Crippen LogP contribution in [0.15, 0.2) is 63.8 Å². The van der Waals surface area contributed by atoms with Gasteiger partial charge in [0.1, 0.15) is 12.2 Å². The van der Waals surface area contributed by atoms with Gasteiger partial charge in [-0.25, -0.2) is 9.59 Å². The van der Waals surface area contributed by atoms with Crippen molar-refractivity contribution in [2.24, 2.45) is 0 Å². The Morgan fingerprint density at radius 1 is 1.14 bits per heavy atom. The fourth-order valence-corrected chi connectivity index (χ4v) is 2.64. The number of ether oxygens (including phenoxy) is 1. The number of esters is 1. The van der Waals surface area contributed by atoms with Crippen LogP contribution in [0, 0.1) is 6.92 Å². The summed E-state index contributed by atoms with van der Waals surface area (Å²) in [4.78, 5) is 23.6. The molecule has 7 heteroatoms. The first-order chi connectivity index (χ1) is 13.2. The highest BCUT2D eigenvalue weighted by Crippen LogP contribution is 2.29. The molecule has 0 spiro atoms. The zero-order valence-corrected chi connectivity index (χ0v) is 14.7. The number of carbonyl (C=O) groups excluding carboxylic acids is 1. The van der Waals surface area contributed by atoms with Crippen molar-refractivity contribution in [3.05, 3.63) is 87.3 Å². The summed E-state index contributed by atoms with van der Waals surface area (Å²) in [5.41, 5.74) is 0.622. The monoisotopic (exact) mass is 388 g/mol. The normalized spacial score (nSPS) is 11.9. The molecular formula is C21H15F3O4. The Morgan fingerprint density at radius 2 is 1.93 bits per heavy atom. The minimum Gasteiger partial charge on any atom is -0.458 e. The predicted octanol–water partition coefficient (Wildman–Crippen LogP) is 4.88. The average Bonchev–Trinajstić information content (AvgIpc) is 2.63. The number of rotatable bonds is 4. The van der Waals surface area contributed by atoms with E-state index in [1.807, 2.05) is 13.0 Å². The lowest BCUT2D eigenvalue weighted by atomic mass is 10.1. The summed E-state index contributed by atoms with van der Waals surface area (Å²) in [6.45, 7) is 1.68. The third-order valence-electron chi connectivity index (χ3n) is 3.98. The lowest BCUT2D eigenvalue weighted by Gasteiger charge is -2.07. The van der Waals surface area contributed by atoms with E-state index in [-0.39, 0.29) is 12.2 Å². The molecule has 3 rings (SSSR count). The van der Waals surface area contributed by atoms with E-state index in [2.05, 4.69) is 0 Å². The Labute approximate surface area is 157 Å². The number of hydrogen-bond donors (Lipinski definition) is 0. The van der Waals surface area contributed by atoms with Crippen LogP contribution in [0.2, 0.25) is 0 Å². The molecule has 0 N–H and O–H groups in total. The Hall–Kier alpha value is -3.35. The molecule has 3 aromatic rings. The second-order valence-corrected chi connectivity index (χ2v) is 6.15. The summed E-state index contributed by atoms with van der Waals surface area (Å²) >= 11 is 0. The largest absolute Gasteiger partial charge is 0.458 e. The molecular weight excluding hydrogens is 373 g/mol. The molecule has 144 valence electrons. The van der Waals surface area contributed by atoms with Crippen LogP contribution in [0.4, 0.5) is 13.2 Å². The van der Waals surface area contributed by atoms with Gasteiger partial charge in [0.15, 0.2) is 0 Å². The second kappa shape index (κ2) is 7.72. The minimum atomic E-state index is -4.46. The Morgan fingerprint density at radius 3 is 2.68 bits per heavy atom. The summed E-state index contributed by atoms with van der Waals surface area (Å²) in [6.07, 6.45) is -2.19. The summed E-state index contributed by atoms with van der Waals surface area (Å²) < 4.78 is 48.4. The Balaban J connectivity index is 1.72. The van der Waals surface area contributed by atoms with E-state index in [4.69, 9.17) is 9.15 Å². The predicted molar refractivity (Wildman–Crippen MR) is 97.5 cm³/mol. The van der Waals surface area contributed by atoms with Gasteiger partial charge in [0.2, 0.25) is 0 Å². The average molecular weight is 388 g/mol. The van der Waals surface area contributed by atoms with E-state index < -0.39 is 23.3 Å². The number of aryl methyl sites for hydroxylation is 1. The maximum Gasteiger partial charge on any atom is 0.416 e. The Kier molecular flexibility index (Phi) is 5.35. The number of fused-ring (bicyclic) bond motifs is 1. The van der Waals surface area contributed by atoms with E-state index in [0.29, 0.717) is 16.5 Å². The molecule has 0 saturated carbocycles. The van der Waals surface area contributed by atoms with Gasteiger partial charge in [0, 0.05) is 23.1 Å². The zero-order chi connectivity index (χ0) is 20.3. The molecule has 0 aliphatic carbocycles. The van der Waals surface area contributed by atoms with E-state index in [9.17, 15) is 22.8 Å². The van der Waals surface area contributed by atoms with Crippen molar-refractivity contribution >= 4 is 23.0 Å². The van der Waals surface area contributed by atoms with Crippen LogP contribution in [0.25, 0.3) is 17.0 Å². The van der Waals surface area contributed by atoms with Crippen molar-refractivity contribution in [1.29, 1.82) is 0 Å². The van der Waals surface area contributed by atoms with Crippen LogP contribution in [0.3, 0.4) is 0 Å². The van der Waals surface area contributed by atoms with Crippen LogP contribution >= 0.6 is 0 Å². The fourth-order valence-electron chi connectivity index (χ4n) is 2.64. The molecule has 0 aliphatic heterocycles. The summed E-state index contributed by atoms with van der Waals surface area (Å²) in [5, 5.41) is 0.639. The Bertz CT molecular complexity index is 1110. The maximum atomic E-state index is 12.7. The van der Waals surface area contributed by atoms with Crippen molar-refractivity contribution < 1.29 is 27.1 Å². The number of carbonyl (C=O) groups is 1. The van der Waals surface area contributed by atoms with E-state index in [0.717, 1.165) is 23.8 Å². The molecule has 2 aromatic carbocycles. The molecule has 28 heavy (non-hydrogen) atoms. The summed E-state index contributed by atoms with van der Waals surface area (Å²) in [5.74, 6) is -0.745. The maximum absolute atomic E-state index is 12.7. The highest BCUT2D eigenvalue weighted by molar-refractivity contribution is 5.87. The van der Waals surface area contributed by atoms with Gasteiger partial charge in [0.25, 0.3) is 0 Å². The standard InChI is InChI=1S/C21H15F3O4/c1-13-5-7-17-15(11-20(26)28-18(17)9-13)12-27-19(25)8-6-14-3-2-4-16(10-14)21(22,23)24/h2-11H,12H2,1H3/b8-6+. The number of halogens is 3. The van der Waals surface area contributed by atoms with Gasteiger partial charge in [-0.15, -0.1) is 0 Å². The highest BCUT2D eigenvalue weighted by Gasteiger charge is 2.30. The van der Waals surface area contributed by atoms with Crippen molar-refractivity contribution in [1.82, 2.24) is 0 Å². The molecule has 1 aromatic heterocycles. The molecule has 0 fully saturated rings. The van der Waals surface area contributed by atoms with Gasteiger partial charge in [-0.2, -0.15) is 13.2 Å². The van der Waals surface area contributed by atoms with E-state index in [1.54, 1.807) is 12.1 Å². The van der Waals surface area contributed by atoms with Crippen LogP contribution in [-0.4, -0.2) is 5.97 Å². The summed E-state index contributed by atoms with van der Waals surface area (Å²) in [6, 6.07) is 11.1. The summed E-state index contributed by atoms with van der Waals surface area (Å²) in [7, 11) is 0. The van der Waals surface area contributed by atoms with Crippen molar-refractivity contribution in [2.75, 3.05) is 0 Å². The van der Waals surface area contributed by atoms with Crippen molar-refractivity contribution in [3.8, 4) is 0 Å². The van der Waals surface area contributed by atoms with Crippen LogP contribution in [-0.2, 0) is 22.3 Å². The molecule has 0 amide bonds. The third-order valence-corrected chi connectivity index (χ3v) is 3.98. The van der Waals surface area contributed by atoms with E-state index in [1.165, 1.54) is 24.3 Å². The zero-order valence-electron chi connectivity index (χ0n) is 14.7. The molecule has 0 radical (unpaired) electrons. The van der Waals surface area contributed by atoms with Gasteiger partial charge in [-0.1, -0.05) is 24.3 Å². The lowest BCUT2D eigenvalue weighted by molar-refractivity contribution is -0.139. The molecule has 0 saturated heterocycles. The fraction of sp³-hybridized carbons (Fsp3) is 0.143. The molecule has 0 atom stereocenters. The first kappa shape index (κ1) is 19.4. The van der Waals surface area contributed by atoms with Crippen molar-refractivity contribution in [2.45, 2.75) is 19.7 Å². The molecule has 0 aliphatic rings. The van der Waals surface area contributed by atoms with Crippen LogP contribution < -0.4 is 5.63 Å². The minimum absolute atomic E-state index is 0.170. The van der Waals surface area contributed by atoms with E-state index >= 15 is 0 Å². The number of benzene rings is 2. The molecule has 0 bridgehead atoms. The highest BCUT2D eigenvalue weighted by atomic mass is 19.4. The first-order valence-electron chi connectivity index (χ1n) is 8.28. The van der Waals surface area contributed by atoms with Gasteiger partial charge in [0.05, 0.1) is 5.56 Å². The smallest absolute Gasteiger partial charge is 0.416 e. The van der Waals surface area contributed by atoms with Gasteiger partial charge >= 0.3 is 17.8 Å². The van der Waals surface area contributed by atoms with Gasteiger partial charge in [-0.05, 0) is 42.3 Å². The van der Waals surface area contributed by atoms with Gasteiger partial charge < -0.3 is 9.15 Å². The molecule has 0 unspecified atom stereocenters. The third kappa shape index (κ3) is 4.68. The molecule has 4 nitrogen and oxygen atoms in total. The topological polar surface area (TPSA) is 56.5 Å². The number of hydrogen-bond acceptors (Lipinski definition) is 4. The SMILES string of the molecule is Cc1ccc2c(COC(=O)/C=C/c3cccc(C(F)(F)F)c3)cc(=O)oc2c1. The van der Waals surface area contributed by atoms with Crippen LogP contribution in [0.5, 0.6) is 0 Å². The number of alkyl halides is 3.